The van der Waals surface area contributed by atoms with E-state index in [1.54, 1.807) is 62.3 Å². The minimum absolute atomic E-state index is 0.0136. The van der Waals surface area contributed by atoms with Crippen LogP contribution in [0.5, 0.6) is 0 Å². The number of nitrogens with two attached hydrogens (primary N) is 1. The van der Waals surface area contributed by atoms with Crippen LogP contribution in [0.3, 0.4) is 0 Å². The van der Waals surface area contributed by atoms with Crippen LogP contribution < -0.4 is 21.7 Å². The molecule has 1 aliphatic carbocycles. The lowest BCUT2D eigenvalue weighted by Crippen LogP contribution is -2.68. The van der Waals surface area contributed by atoms with Crippen LogP contribution in [0.4, 0.5) is 14.4 Å². The van der Waals surface area contributed by atoms with Gasteiger partial charge in [0.05, 0.1) is 31.3 Å². The first kappa shape index (κ1) is 47.0. The average Bonchev–Trinajstić information content (AvgIpc) is 3.05. The Bertz CT molecular complexity index is 1360. The number of hydrogen-bond acceptors (Lipinski definition) is 14. The summed E-state index contributed by atoms with van der Waals surface area (Å²) >= 11 is 0. The van der Waals surface area contributed by atoms with Crippen molar-refractivity contribution in [2.24, 2.45) is 11.7 Å². The van der Waals surface area contributed by atoms with Crippen LogP contribution in [-0.4, -0.2) is 138 Å². The standard InChI is InChI=1S/C38H67N5O13/c1-21-20-50-32(28(45)27(21)43(11)35(49)56-38(8,9)10)53-31-23(41-25(44)15-13-17-40-33(47)54-36(2,3)4)18-24(42-34(48)55-37(5,6)7)30(29(31)46)52-26-16-12-14-22(19-39)51-26/h14,21,23-24,26-32,45-46H,12-13,15-20,39H2,1-11H3,(H,40,47)(H,41,44)(H,42,48)/t21-,23-,24+,26-,27+,28-,29+,30-,31+,32-/m1/s1. The summed E-state index contributed by atoms with van der Waals surface area (Å²) in [5, 5.41) is 32.1. The second kappa shape index (κ2) is 19.8. The molecule has 3 aliphatic rings. The maximum absolute atomic E-state index is 13.4. The number of alkyl carbamates (subject to hydrolysis) is 2. The predicted octanol–water partition coefficient (Wildman–Crippen LogP) is 2.77. The van der Waals surface area contributed by atoms with E-state index in [0.717, 1.165) is 0 Å². The van der Waals surface area contributed by atoms with Crippen molar-refractivity contribution >= 4 is 24.2 Å². The maximum Gasteiger partial charge on any atom is 0.410 e. The highest BCUT2D eigenvalue weighted by Crippen LogP contribution is 2.33. The maximum atomic E-state index is 13.4. The molecule has 10 atom stereocenters. The topological polar surface area (TPSA) is 239 Å². The van der Waals surface area contributed by atoms with Crippen LogP contribution in [0.1, 0.15) is 101 Å². The Labute approximate surface area is 330 Å². The molecule has 0 radical (unpaired) electrons. The number of hydrogen-bond donors (Lipinski definition) is 6. The second-order valence-corrected chi connectivity index (χ2v) is 17.6. The lowest BCUT2D eigenvalue weighted by atomic mass is 9.83. The Kier molecular flexibility index (Phi) is 16.6. The zero-order valence-corrected chi connectivity index (χ0v) is 34.9. The van der Waals surface area contributed by atoms with E-state index in [9.17, 15) is 29.4 Å². The summed E-state index contributed by atoms with van der Waals surface area (Å²) < 4.78 is 41.0. The van der Waals surface area contributed by atoms with Crippen molar-refractivity contribution in [1.29, 1.82) is 0 Å². The van der Waals surface area contributed by atoms with Crippen molar-refractivity contribution in [3.8, 4) is 0 Å². The number of aliphatic hydroxyl groups is 2. The van der Waals surface area contributed by atoms with Gasteiger partial charge < -0.3 is 70.0 Å². The smallest absolute Gasteiger partial charge is 0.410 e. The highest BCUT2D eigenvalue weighted by atomic mass is 16.7. The zero-order valence-electron chi connectivity index (χ0n) is 34.9. The second-order valence-electron chi connectivity index (χ2n) is 17.6. The highest BCUT2D eigenvalue weighted by molar-refractivity contribution is 5.76. The van der Waals surface area contributed by atoms with Crippen LogP contribution in [0.15, 0.2) is 11.8 Å². The van der Waals surface area contributed by atoms with Gasteiger partial charge in [0, 0.05) is 32.4 Å². The SMILES string of the molecule is C[C@@H]1CO[C@H](O[C@@H]2[C@@H](O)[C@H](O[C@@H]3CCC=C(CN)O3)[C@@H](NC(=O)OC(C)(C)C)C[C@H]2NC(=O)CCCNC(=O)OC(C)(C)C)[C@H](O)[C@H]1N(C)C(=O)OC(C)(C)C. The van der Waals surface area contributed by atoms with E-state index in [0.29, 0.717) is 18.6 Å². The van der Waals surface area contributed by atoms with Gasteiger partial charge in [0.25, 0.3) is 0 Å². The number of allylic oxidation sites excluding steroid dienone is 1. The minimum Gasteiger partial charge on any atom is -0.468 e. The van der Waals surface area contributed by atoms with Crippen LogP contribution in [-0.2, 0) is 38.0 Å². The third-order valence-corrected chi connectivity index (χ3v) is 8.99. The van der Waals surface area contributed by atoms with Crippen molar-refractivity contribution in [2.75, 3.05) is 26.7 Å². The van der Waals surface area contributed by atoms with E-state index in [1.165, 1.54) is 11.9 Å². The van der Waals surface area contributed by atoms with E-state index in [2.05, 4.69) is 16.0 Å². The van der Waals surface area contributed by atoms with Crippen molar-refractivity contribution < 1.29 is 62.5 Å². The van der Waals surface area contributed by atoms with Gasteiger partial charge in [-0.3, -0.25) is 4.79 Å². The molecule has 0 bridgehead atoms. The molecule has 0 aromatic carbocycles. The molecule has 1 saturated carbocycles. The molecule has 18 heteroatoms. The van der Waals surface area contributed by atoms with Crippen molar-refractivity contribution in [3.05, 3.63) is 11.8 Å². The number of ether oxygens (including phenoxy) is 7. The molecule has 3 rings (SSSR count). The van der Waals surface area contributed by atoms with Crippen LogP contribution >= 0.6 is 0 Å². The summed E-state index contributed by atoms with van der Waals surface area (Å²) in [5.41, 5.74) is 3.51. The monoisotopic (exact) mass is 801 g/mol. The molecule has 2 fully saturated rings. The van der Waals surface area contributed by atoms with Crippen molar-refractivity contribution in [2.45, 2.75) is 173 Å². The highest BCUT2D eigenvalue weighted by Gasteiger charge is 2.51. The molecular weight excluding hydrogens is 734 g/mol. The Balaban J connectivity index is 1.90. The molecule has 0 unspecified atom stereocenters. The molecule has 322 valence electrons. The number of rotatable bonds is 12. The Morgan fingerprint density at radius 2 is 1.46 bits per heavy atom. The number of likely N-dealkylation sites (N-methyl/N-ethyl adjacent to an activating group) is 1. The summed E-state index contributed by atoms with van der Waals surface area (Å²) in [6, 6.07) is -2.71. The number of nitrogens with one attached hydrogen (secondary N) is 3. The van der Waals surface area contributed by atoms with E-state index in [1.807, 2.05) is 13.0 Å². The quantitative estimate of drug-likeness (QED) is 0.123. The van der Waals surface area contributed by atoms with Crippen LogP contribution in [0.25, 0.3) is 0 Å². The molecule has 1 saturated heterocycles. The largest absolute Gasteiger partial charge is 0.468 e. The average molecular weight is 802 g/mol. The van der Waals surface area contributed by atoms with Gasteiger partial charge in [-0.2, -0.15) is 0 Å². The van der Waals surface area contributed by atoms with Gasteiger partial charge in [-0.25, -0.2) is 14.4 Å². The molecule has 0 spiro atoms. The van der Waals surface area contributed by atoms with Gasteiger partial charge in [-0.1, -0.05) is 6.92 Å². The van der Waals surface area contributed by atoms with Gasteiger partial charge in [0.15, 0.2) is 12.6 Å². The van der Waals surface area contributed by atoms with Crippen LogP contribution in [0, 0.1) is 5.92 Å². The molecule has 2 aliphatic heterocycles. The van der Waals surface area contributed by atoms with Gasteiger partial charge in [-0.15, -0.1) is 0 Å². The lowest BCUT2D eigenvalue weighted by molar-refractivity contribution is -0.291. The first-order valence-electron chi connectivity index (χ1n) is 19.4. The van der Waals surface area contributed by atoms with E-state index >= 15 is 0 Å². The van der Waals surface area contributed by atoms with E-state index < -0.39 is 96.1 Å². The minimum atomic E-state index is -1.55. The van der Waals surface area contributed by atoms with E-state index in [4.69, 9.17) is 38.9 Å². The van der Waals surface area contributed by atoms with Gasteiger partial charge in [-0.05, 0) is 87.7 Å². The van der Waals surface area contributed by atoms with Crippen molar-refractivity contribution in [3.63, 3.8) is 0 Å². The van der Waals surface area contributed by atoms with Gasteiger partial charge in [0.2, 0.25) is 5.91 Å². The lowest BCUT2D eigenvalue weighted by Gasteiger charge is -2.48. The molecular formula is C38H67N5O13. The fourth-order valence-electron chi connectivity index (χ4n) is 6.67. The normalized spacial score (nSPS) is 29.9. The number of amides is 4. The molecule has 7 N–H and O–H groups in total. The molecule has 0 aromatic rings. The Morgan fingerprint density at radius 3 is 2.07 bits per heavy atom. The van der Waals surface area contributed by atoms with Crippen LogP contribution in [0.2, 0.25) is 0 Å². The Hall–Kier alpha value is -3.42. The summed E-state index contributed by atoms with van der Waals surface area (Å²) in [6.07, 6.45) is -6.55. The van der Waals surface area contributed by atoms with Crippen molar-refractivity contribution in [1.82, 2.24) is 20.9 Å². The first-order valence-corrected chi connectivity index (χ1v) is 19.4. The van der Waals surface area contributed by atoms with Gasteiger partial charge >= 0.3 is 18.3 Å². The first-order chi connectivity index (χ1) is 25.9. The van der Waals surface area contributed by atoms with Gasteiger partial charge in [0.1, 0.15) is 47.0 Å². The number of carbonyl (C=O) groups is 4. The summed E-state index contributed by atoms with van der Waals surface area (Å²) in [7, 11) is 1.52. The molecule has 4 amide bonds. The number of carbonyl (C=O) groups excluding carboxylic acids is 4. The zero-order chi connectivity index (χ0) is 42.2. The fraction of sp³-hybridized carbons (Fsp3) is 0.842. The summed E-state index contributed by atoms with van der Waals surface area (Å²) in [4.78, 5) is 53.1. The molecule has 56 heavy (non-hydrogen) atoms. The predicted molar refractivity (Wildman–Crippen MR) is 203 cm³/mol. The number of aliphatic hydroxyl groups excluding tert-OH is 2. The third kappa shape index (κ3) is 14.8. The molecule has 18 nitrogen and oxygen atoms in total. The molecule has 0 aromatic heterocycles. The third-order valence-electron chi connectivity index (χ3n) is 8.99. The fourth-order valence-corrected chi connectivity index (χ4v) is 6.67. The van der Waals surface area contributed by atoms with E-state index in [-0.39, 0.29) is 44.9 Å². The number of nitrogens with zero attached hydrogens (tertiary/aromatic N) is 1. The molecule has 2 heterocycles. The summed E-state index contributed by atoms with van der Waals surface area (Å²) in [6.45, 7) is 17.7. The summed E-state index contributed by atoms with van der Waals surface area (Å²) in [5.74, 6) is -0.266. The Morgan fingerprint density at radius 1 is 0.875 bits per heavy atom.